The Labute approximate surface area is 143 Å². The van der Waals surface area contributed by atoms with E-state index in [0.717, 1.165) is 0 Å². The summed E-state index contributed by atoms with van der Waals surface area (Å²) in [5.41, 5.74) is 5.55. The van der Waals surface area contributed by atoms with Gasteiger partial charge in [0.25, 0.3) is 5.91 Å². The molecule has 1 saturated heterocycles. The molecule has 3 rings (SSSR count). The number of rotatable bonds is 5. The van der Waals surface area contributed by atoms with E-state index >= 15 is 0 Å². The van der Waals surface area contributed by atoms with Crippen LogP contribution in [0.2, 0.25) is 0 Å². The number of benzene rings is 1. The second kappa shape index (κ2) is 6.99. The van der Waals surface area contributed by atoms with Crippen molar-refractivity contribution < 1.29 is 24.2 Å². The molecule has 2 heterocycles. The summed E-state index contributed by atoms with van der Waals surface area (Å²) in [7, 11) is 0. The van der Waals surface area contributed by atoms with Crippen molar-refractivity contribution in [3.05, 3.63) is 48.0 Å². The first-order valence-electron chi connectivity index (χ1n) is 7.74. The molecule has 25 heavy (non-hydrogen) atoms. The highest BCUT2D eigenvalue weighted by atomic mass is 16.6. The van der Waals surface area contributed by atoms with E-state index in [2.05, 4.69) is 10.1 Å². The minimum Gasteiger partial charge on any atom is -0.453 e. The van der Waals surface area contributed by atoms with Crippen LogP contribution in [0.5, 0.6) is 0 Å². The summed E-state index contributed by atoms with van der Waals surface area (Å²) >= 11 is 0. The number of carbonyl (C=O) groups excluding carboxylic acids is 2. The molecule has 0 spiro atoms. The van der Waals surface area contributed by atoms with Gasteiger partial charge in [0, 0.05) is 5.92 Å². The Morgan fingerprint density at radius 1 is 1.36 bits per heavy atom. The summed E-state index contributed by atoms with van der Waals surface area (Å²) in [6, 6.07) is 8.54. The lowest BCUT2D eigenvalue weighted by molar-refractivity contribution is -0.0640. The number of aliphatic hydroxyl groups excluding tert-OH is 1. The zero-order valence-electron chi connectivity index (χ0n) is 13.5. The summed E-state index contributed by atoms with van der Waals surface area (Å²) < 4.78 is 12.6. The molecule has 9 nitrogen and oxygen atoms in total. The summed E-state index contributed by atoms with van der Waals surface area (Å²) in [5, 5.41) is 13.4. The molecule has 1 aromatic carbocycles. The van der Waals surface area contributed by atoms with Gasteiger partial charge in [-0.3, -0.25) is 4.79 Å². The van der Waals surface area contributed by atoms with Gasteiger partial charge < -0.3 is 20.3 Å². The minimum absolute atomic E-state index is 0.170. The van der Waals surface area contributed by atoms with Crippen LogP contribution in [0.3, 0.4) is 0 Å². The van der Waals surface area contributed by atoms with Crippen molar-refractivity contribution in [2.75, 3.05) is 6.61 Å². The van der Waals surface area contributed by atoms with Crippen LogP contribution < -0.4 is 5.73 Å². The number of amides is 1. The predicted molar refractivity (Wildman–Crippen MR) is 84.3 cm³/mol. The van der Waals surface area contributed by atoms with Crippen LogP contribution in [-0.4, -0.2) is 50.6 Å². The summed E-state index contributed by atoms with van der Waals surface area (Å²) in [5.74, 6) is -1.75. The third-order valence-corrected chi connectivity index (χ3v) is 4.12. The van der Waals surface area contributed by atoms with Crippen LogP contribution in [-0.2, 0) is 9.47 Å². The van der Waals surface area contributed by atoms with E-state index in [4.69, 9.17) is 15.2 Å². The zero-order valence-corrected chi connectivity index (χ0v) is 13.5. The van der Waals surface area contributed by atoms with Gasteiger partial charge in [-0.2, -0.15) is 0 Å². The fourth-order valence-electron chi connectivity index (χ4n) is 2.72. The van der Waals surface area contributed by atoms with Crippen molar-refractivity contribution in [1.29, 1.82) is 0 Å². The zero-order chi connectivity index (χ0) is 18.0. The topological polar surface area (TPSA) is 130 Å². The summed E-state index contributed by atoms with van der Waals surface area (Å²) in [6.45, 7) is 1.56. The Morgan fingerprint density at radius 2 is 2.08 bits per heavy atom. The normalized spacial score (nSPS) is 25.7. The van der Waals surface area contributed by atoms with E-state index in [1.54, 1.807) is 37.3 Å². The highest BCUT2D eigenvalue weighted by Gasteiger charge is 2.46. The van der Waals surface area contributed by atoms with Crippen LogP contribution in [0, 0.1) is 5.92 Å². The molecule has 132 valence electrons. The third kappa shape index (κ3) is 3.37. The molecular formula is C16H18N4O5. The van der Waals surface area contributed by atoms with Gasteiger partial charge in [0.15, 0.2) is 12.3 Å². The molecule has 1 fully saturated rings. The Kier molecular flexibility index (Phi) is 4.77. The van der Waals surface area contributed by atoms with Crippen molar-refractivity contribution in [2.24, 2.45) is 11.7 Å². The molecule has 1 aromatic heterocycles. The number of hydrogen-bond donors (Lipinski definition) is 2. The van der Waals surface area contributed by atoms with Gasteiger partial charge in [0.1, 0.15) is 6.33 Å². The fraction of sp³-hybridized carbons (Fsp3) is 0.375. The molecule has 0 aliphatic carbocycles. The first-order chi connectivity index (χ1) is 12.0. The van der Waals surface area contributed by atoms with Gasteiger partial charge in [-0.25, -0.2) is 14.5 Å². The molecule has 4 atom stereocenters. The second-order valence-corrected chi connectivity index (χ2v) is 5.76. The van der Waals surface area contributed by atoms with Crippen LogP contribution in [0.4, 0.5) is 0 Å². The van der Waals surface area contributed by atoms with E-state index in [1.165, 1.54) is 11.0 Å². The van der Waals surface area contributed by atoms with Gasteiger partial charge in [-0.15, -0.1) is 5.10 Å². The average molecular weight is 346 g/mol. The van der Waals surface area contributed by atoms with Crippen LogP contribution >= 0.6 is 0 Å². The maximum absolute atomic E-state index is 12.4. The molecule has 1 aliphatic rings. The smallest absolute Gasteiger partial charge is 0.338 e. The van der Waals surface area contributed by atoms with E-state index in [9.17, 15) is 14.7 Å². The molecule has 1 aliphatic heterocycles. The largest absolute Gasteiger partial charge is 0.453 e. The Morgan fingerprint density at radius 3 is 2.68 bits per heavy atom. The van der Waals surface area contributed by atoms with Crippen molar-refractivity contribution in [1.82, 2.24) is 14.8 Å². The van der Waals surface area contributed by atoms with Gasteiger partial charge in [-0.05, 0) is 12.1 Å². The van der Waals surface area contributed by atoms with E-state index in [0.29, 0.717) is 5.56 Å². The number of carbonyl (C=O) groups is 2. The minimum atomic E-state index is -0.819. The highest BCUT2D eigenvalue weighted by Crippen LogP contribution is 2.35. The average Bonchev–Trinajstić information content (AvgIpc) is 3.21. The molecule has 2 aromatic rings. The molecule has 0 radical (unpaired) electrons. The van der Waals surface area contributed by atoms with E-state index in [-0.39, 0.29) is 18.3 Å². The third-order valence-electron chi connectivity index (χ3n) is 4.12. The van der Waals surface area contributed by atoms with E-state index < -0.39 is 30.3 Å². The van der Waals surface area contributed by atoms with Crippen LogP contribution in [0.1, 0.15) is 34.1 Å². The predicted octanol–water partition coefficient (Wildman–Crippen LogP) is 0.128. The Bertz CT molecular complexity index is 763. The molecule has 9 heteroatoms. The first-order valence-corrected chi connectivity index (χ1v) is 7.74. The van der Waals surface area contributed by atoms with Crippen molar-refractivity contribution in [3.8, 4) is 0 Å². The molecule has 0 saturated carbocycles. The lowest BCUT2D eigenvalue weighted by atomic mass is 10.0. The van der Waals surface area contributed by atoms with Gasteiger partial charge in [-0.1, -0.05) is 25.1 Å². The van der Waals surface area contributed by atoms with Gasteiger partial charge in [0.05, 0.1) is 18.3 Å². The molecule has 3 N–H and O–H groups in total. The molecule has 1 amide bonds. The van der Waals surface area contributed by atoms with Crippen molar-refractivity contribution in [2.45, 2.75) is 25.4 Å². The standard InChI is InChI=1S/C16H18N4O5/c1-9-11(7-21)24-15(20-8-18-14(19-20)13(17)22)12(9)25-16(23)10-5-3-2-4-6-10/h2-6,8-9,11-12,15,21H,7H2,1H3,(H2,17,22)/t9-,11-,12-,15-/m1/s1. The maximum atomic E-state index is 12.4. The number of ether oxygens (including phenoxy) is 2. The Balaban J connectivity index is 1.84. The fourth-order valence-corrected chi connectivity index (χ4v) is 2.72. The van der Waals surface area contributed by atoms with Gasteiger partial charge in [0.2, 0.25) is 5.82 Å². The lowest BCUT2D eigenvalue weighted by Gasteiger charge is -2.21. The summed E-state index contributed by atoms with van der Waals surface area (Å²) in [4.78, 5) is 27.4. The van der Waals surface area contributed by atoms with Crippen molar-refractivity contribution >= 4 is 11.9 Å². The molecule has 0 unspecified atom stereocenters. The number of aromatic nitrogens is 3. The monoisotopic (exact) mass is 346 g/mol. The highest BCUT2D eigenvalue weighted by molar-refractivity contribution is 5.89. The molecule has 0 bridgehead atoms. The SMILES string of the molecule is C[C@H]1[C@@H](OC(=O)c2ccccc2)[C@H](n2cnc(C(N)=O)n2)O[C@@H]1CO. The lowest BCUT2D eigenvalue weighted by Crippen LogP contribution is -2.31. The first kappa shape index (κ1) is 17.1. The summed E-state index contributed by atoms with van der Waals surface area (Å²) in [6.07, 6.45) is -0.798. The van der Waals surface area contributed by atoms with E-state index in [1.807, 2.05) is 0 Å². The number of hydrogen-bond acceptors (Lipinski definition) is 7. The second-order valence-electron chi connectivity index (χ2n) is 5.76. The van der Waals surface area contributed by atoms with Gasteiger partial charge >= 0.3 is 5.97 Å². The van der Waals surface area contributed by atoms with Crippen LogP contribution in [0.25, 0.3) is 0 Å². The number of aliphatic hydroxyl groups is 1. The number of esters is 1. The maximum Gasteiger partial charge on any atom is 0.338 e. The molecular weight excluding hydrogens is 328 g/mol. The number of nitrogens with two attached hydrogens (primary N) is 1. The Hall–Kier alpha value is -2.78. The quantitative estimate of drug-likeness (QED) is 0.736. The number of primary amides is 1. The van der Waals surface area contributed by atoms with Crippen LogP contribution in [0.15, 0.2) is 36.7 Å². The van der Waals surface area contributed by atoms with Crippen molar-refractivity contribution in [3.63, 3.8) is 0 Å². The number of nitrogens with zero attached hydrogens (tertiary/aromatic N) is 3.